The number of aliphatic carboxylic acids is 2. The van der Waals surface area contributed by atoms with E-state index >= 15 is 0 Å². The maximum Gasteiger partial charge on any atom is 0.159 e. The van der Waals surface area contributed by atoms with E-state index in [4.69, 9.17) is 0 Å². The minimum absolute atomic E-state index is 0.116. The lowest BCUT2D eigenvalue weighted by Gasteiger charge is -2.33. The average Bonchev–Trinajstić information content (AvgIpc) is 2.71. The van der Waals surface area contributed by atoms with Gasteiger partial charge in [-0.15, -0.1) is 0 Å². The SMILES string of the molecule is CC(=O)c1ccc2c(c1)N(CCCN(C)C)c1ccccc1S2.O=C([O-])/C=C\C(=O)[O-]. The van der Waals surface area contributed by atoms with Crippen LogP contribution in [0.2, 0.25) is 0 Å². The quantitative estimate of drug-likeness (QED) is 0.471. The second-order valence-corrected chi connectivity index (χ2v) is 8.17. The first-order chi connectivity index (χ1) is 14.7. The molecule has 7 nitrogen and oxygen atoms in total. The number of hydrogen-bond acceptors (Lipinski definition) is 8. The number of rotatable bonds is 7. The molecule has 3 rings (SSSR count). The van der Waals surface area contributed by atoms with Gasteiger partial charge in [0.05, 0.1) is 23.3 Å². The third-order valence-electron chi connectivity index (χ3n) is 4.37. The van der Waals surface area contributed by atoms with Crippen molar-refractivity contribution in [2.75, 3.05) is 32.1 Å². The molecule has 1 heterocycles. The number of anilines is 2. The van der Waals surface area contributed by atoms with Gasteiger partial charge in [-0.05, 0) is 70.4 Å². The van der Waals surface area contributed by atoms with Gasteiger partial charge in [0.25, 0.3) is 0 Å². The zero-order valence-electron chi connectivity index (χ0n) is 17.7. The Morgan fingerprint density at radius 1 is 0.968 bits per heavy atom. The second kappa shape index (κ2) is 11.3. The van der Waals surface area contributed by atoms with E-state index < -0.39 is 11.9 Å². The van der Waals surface area contributed by atoms with Crippen molar-refractivity contribution in [3.8, 4) is 0 Å². The Hall–Kier alpha value is -3.10. The van der Waals surface area contributed by atoms with E-state index in [1.807, 2.05) is 12.1 Å². The number of para-hydroxylation sites is 1. The summed E-state index contributed by atoms with van der Waals surface area (Å²) in [6.45, 7) is 3.62. The topological polar surface area (TPSA) is 104 Å². The number of Topliss-reactive ketones (excluding diaryl/α,β-unsaturated/α-hetero) is 1. The number of carboxylic acid groups (broad SMARTS) is 2. The Morgan fingerprint density at radius 2 is 1.58 bits per heavy atom. The van der Waals surface area contributed by atoms with E-state index in [0.29, 0.717) is 12.2 Å². The lowest BCUT2D eigenvalue weighted by molar-refractivity contribution is -0.301. The summed E-state index contributed by atoms with van der Waals surface area (Å²) in [5.41, 5.74) is 3.17. The third-order valence-corrected chi connectivity index (χ3v) is 5.51. The number of ketones is 1. The highest BCUT2D eigenvalue weighted by Gasteiger charge is 2.23. The van der Waals surface area contributed by atoms with Crippen molar-refractivity contribution in [3.63, 3.8) is 0 Å². The Bertz CT molecular complexity index is 972. The molecule has 0 saturated carbocycles. The lowest BCUT2D eigenvalue weighted by atomic mass is 10.1. The van der Waals surface area contributed by atoms with Crippen LogP contribution in [-0.2, 0) is 9.59 Å². The third kappa shape index (κ3) is 7.27. The van der Waals surface area contributed by atoms with Crippen LogP contribution in [0.25, 0.3) is 0 Å². The Morgan fingerprint density at radius 3 is 2.16 bits per heavy atom. The standard InChI is InChI=1S/C19H22N2OS.C4H4O4/c1-14(22)15-9-10-19-17(13-15)21(12-6-11-20(2)3)16-7-4-5-8-18(16)23-19;5-3(6)1-2-4(7)8/h4-5,7-10,13H,6,11-12H2,1-3H3;1-2H,(H,5,6)(H,7,8)/p-2/b;2-1-. The highest BCUT2D eigenvalue weighted by molar-refractivity contribution is 7.99. The van der Waals surface area contributed by atoms with Crippen LogP contribution in [0.15, 0.2) is 64.4 Å². The van der Waals surface area contributed by atoms with Gasteiger partial charge >= 0.3 is 0 Å². The molecule has 0 N–H and O–H groups in total. The minimum Gasteiger partial charge on any atom is -0.545 e. The van der Waals surface area contributed by atoms with E-state index in [0.717, 1.165) is 30.8 Å². The molecule has 0 aromatic heterocycles. The fraction of sp³-hybridized carbons (Fsp3) is 0.261. The predicted octanol–water partition coefficient (Wildman–Crippen LogP) is 1.49. The molecule has 0 fully saturated rings. The van der Waals surface area contributed by atoms with Crippen LogP contribution in [0.4, 0.5) is 11.4 Å². The maximum atomic E-state index is 11.8. The van der Waals surface area contributed by atoms with Gasteiger partial charge in [-0.25, -0.2) is 0 Å². The Balaban J connectivity index is 0.000000366. The number of nitrogens with zero attached hydrogens (tertiary/aromatic N) is 2. The van der Waals surface area contributed by atoms with Crippen LogP contribution in [0, 0.1) is 0 Å². The smallest absolute Gasteiger partial charge is 0.159 e. The fourth-order valence-corrected chi connectivity index (χ4v) is 4.05. The lowest BCUT2D eigenvalue weighted by Crippen LogP contribution is -2.25. The van der Waals surface area contributed by atoms with Crippen molar-refractivity contribution < 1.29 is 24.6 Å². The number of carbonyl (C=O) groups is 3. The van der Waals surface area contributed by atoms with E-state index in [1.165, 1.54) is 15.5 Å². The molecular formula is C23H24N2O5S-2. The number of benzene rings is 2. The predicted molar refractivity (Wildman–Crippen MR) is 116 cm³/mol. The van der Waals surface area contributed by atoms with Gasteiger partial charge < -0.3 is 29.6 Å². The molecule has 1 aliphatic heterocycles. The molecule has 8 heteroatoms. The first-order valence-corrected chi connectivity index (χ1v) is 10.4. The highest BCUT2D eigenvalue weighted by atomic mass is 32.2. The van der Waals surface area contributed by atoms with Gasteiger partial charge in [0, 0.05) is 21.9 Å². The minimum atomic E-state index is -1.55. The van der Waals surface area contributed by atoms with Gasteiger partial charge in [0.1, 0.15) is 0 Å². The molecule has 0 saturated heterocycles. The van der Waals surface area contributed by atoms with E-state index in [9.17, 15) is 24.6 Å². The summed E-state index contributed by atoms with van der Waals surface area (Å²) in [6, 6.07) is 14.5. The molecule has 0 radical (unpaired) electrons. The van der Waals surface area contributed by atoms with Gasteiger partial charge in [-0.1, -0.05) is 30.0 Å². The van der Waals surface area contributed by atoms with E-state index in [2.05, 4.69) is 54.2 Å². The van der Waals surface area contributed by atoms with Crippen molar-refractivity contribution in [2.45, 2.75) is 23.1 Å². The maximum absolute atomic E-state index is 11.8. The van der Waals surface area contributed by atoms with E-state index in [1.54, 1.807) is 18.7 Å². The molecule has 2 aromatic carbocycles. The van der Waals surface area contributed by atoms with Crippen LogP contribution in [-0.4, -0.2) is 49.8 Å². The first-order valence-electron chi connectivity index (χ1n) is 9.63. The molecule has 2 aromatic rings. The number of carboxylic acids is 2. The monoisotopic (exact) mass is 440 g/mol. The first kappa shape index (κ1) is 24.2. The summed E-state index contributed by atoms with van der Waals surface area (Å²) < 4.78 is 0. The second-order valence-electron chi connectivity index (χ2n) is 7.09. The molecule has 0 aliphatic carbocycles. The van der Waals surface area contributed by atoms with Gasteiger partial charge in [0.15, 0.2) is 5.78 Å². The summed E-state index contributed by atoms with van der Waals surface area (Å²) in [4.78, 5) is 37.6. The molecule has 0 bridgehead atoms. The molecule has 0 atom stereocenters. The van der Waals surface area contributed by atoms with Gasteiger partial charge in [-0.2, -0.15) is 0 Å². The molecule has 0 amide bonds. The van der Waals surface area contributed by atoms with Gasteiger partial charge in [0.2, 0.25) is 0 Å². The number of hydrogen-bond donors (Lipinski definition) is 0. The molecular weight excluding hydrogens is 416 g/mol. The van der Waals surface area contributed by atoms with Crippen LogP contribution in [0.1, 0.15) is 23.7 Å². The van der Waals surface area contributed by atoms with Crippen LogP contribution in [0.5, 0.6) is 0 Å². The van der Waals surface area contributed by atoms with Crippen molar-refractivity contribution in [2.24, 2.45) is 0 Å². The van der Waals surface area contributed by atoms with Crippen molar-refractivity contribution >= 4 is 40.9 Å². The molecule has 0 spiro atoms. The largest absolute Gasteiger partial charge is 0.545 e. The molecule has 0 unspecified atom stereocenters. The highest BCUT2D eigenvalue weighted by Crippen LogP contribution is 2.48. The van der Waals surface area contributed by atoms with Gasteiger partial charge in [-0.3, -0.25) is 4.79 Å². The number of fused-ring (bicyclic) bond motifs is 2. The average molecular weight is 441 g/mol. The normalized spacial score (nSPS) is 12.1. The molecule has 31 heavy (non-hydrogen) atoms. The number of carbonyl (C=O) groups excluding carboxylic acids is 3. The zero-order valence-corrected chi connectivity index (χ0v) is 18.5. The van der Waals surface area contributed by atoms with Crippen molar-refractivity contribution in [3.05, 3.63) is 60.2 Å². The summed E-state index contributed by atoms with van der Waals surface area (Å²) in [7, 11) is 4.20. The van der Waals surface area contributed by atoms with Crippen LogP contribution < -0.4 is 15.1 Å². The summed E-state index contributed by atoms with van der Waals surface area (Å²) >= 11 is 1.78. The summed E-state index contributed by atoms with van der Waals surface area (Å²) in [6.07, 6.45) is 1.85. The Kier molecular flexibility index (Phi) is 8.84. The zero-order chi connectivity index (χ0) is 23.0. The fourth-order valence-electron chi connectivity index (χ4n) is 2.97. The Labute approximate surface area is 186 Å². The summed E-state index contributed by atoms with van der Waals surface area (Å²) in [5.74, 6) is -2.98. The van der Waals surface area contributed by atoms with Crippen LogP contribution in [0.3, 0.4) is 0 Å². The summed E-state index contributed by atoms with van der Waals surface area (Å²) in [5, 5.41) is 18.8. The molecule has 1 aliphatic rings. The molecule has 164 valence electrons. The van der Waals surface area contributed by atoms with E-state index in [-0.39, 0.29) is 5.78 Å². The van der Waals surface area contributed by atoms with Crippen molar-refractivity contribution in [1.82, 2.24) is 4.90 Å². The van der Waals surface area contributed by atoms with Crippen LogP contribution >= 0.6 is 11.8 Å². The van der Waals surface area contributed by atoms with Crippen molar-refractivity contribution in [1.29, 1.82) is 0 Å².